The van der Waals surface area contributed by atoms with E-state index in [2.05, 4.69) is 15.5 Å². The van der Waals surface area contributed by atoms with Gasteiger partial charge in [0, 0.05) is 24.7 Å². The van der Waals surface area contributed by atoms with Gasteiger partial charge in [-0.2, -0.15) is 0 Å². The molecule has 164 valence electrons. The van der Waals surface area contributed by atoms with Crippen molar-refractivity contribution in [3.63, 3.8) is 0 Å². The molecule has 3 aromatic carbocycles. The second-order valence-corrected chi connectivity index (χ2v) is 8.00. The first kappa shape index (κ1) is 20.6. The quantitative estimate of drug-likeness (QED) is 0.519. The molecule has 1 aliphatic rings. The lowest BCUT2D eigenvalue weighted by Crippen LogP contribution is -2.39. The third-order valence-electron chi connectivity index (χ3n) is 5.67. The molecule has 2 heterocycles. The predicted octanol–water partition coefficient (Wildman–Crippen LogP) is 4.27. The number of hydrogen-bond donors (Lipinski definition) is 1. The van der Waals surface area contributed by atoms with Crippen molar-refractivity contribution < 1.29 is 4.79 Å². The molecular weight excluding hydrogens is 412 g/mol. The summed E-state index contributed by atoms with van der Waals surface area (Å²) in [6.07, 6.45) is -0.695. The Morgan fingerprint density at radius 2 is 1.61 bits per heavy atom. The van der Waals surface area contributed by atoms with Crippen LogP contribution in [0, 0.1) is 6.92 Å². The van der Waals surface area contributed by atoms with Crippen molar-refractivity contribution in [3.05, 3.63) is 113 Å². The lowest BCUT2D eigenvalue weighted by molar-refractivity contribution is 0.202. The molecule has 5 rings (SSSR count). The maximum Gasteiger partial charge on any atom is 0.319 e. The van der Waals surface area contributed by atoms with Gasteiger partial charge in [-0.25, -0.2) is 4.79 Å². The topological polar surface area (TPSA) is 75.4 Å². The van der Waals surface area contributed by atoms with Crippen molar-refractivity contribution in [1.29, 1.82) is 0 Å². The summed E-state index contributed by atoms with van der Waals surface area (Å²) in [5, 5.41) is 11.7. The highest BCUT2D eigenvalue weighted by Gasteiger charge is 2.29. The van der Waals surface area contributed by atoms with Crippen molar-refractivity contribution in [1.82, 2.24) is 25.0 Å². The second-order valence-electron chi connectivity index (χ2n) is 8.00. The van der Waals surface area contributed by atoms with Crippen LogP contribution in [-0.4, -0.2) is 38.5 Å². The molecule has 4 aromatic rings. The van der Waals surface area contributed by atoms with Gasteiger partial charge in [-0.05, 0) is 18.6 Å². The average molecular weight is 437 g/mol. The van der Waals surface area contributed by atoms with Crippen molar-refractivity contribution in [2.75, 3.05) is 7.05 Å². The summed E-state index contributed by atoms with van der Waals surface area (Å²) in [6.45, 7) is 2.39. The number of nitrogens with zero attached hydrogens (tertiary/aromatic N) is 5. The number of carbonyl (C=O) groups is 1. The molecule has 0 radical (unpaired) electrons. The summed E-state index contributed by atoms with van der Waals surface area (Å²) in [5.41, 5.74) is 4.72. The van der Waals surface area contributed by atoms with Crippen LogP contribution < -0.4 is 5.32 Å². The lowest BCUT2D eigenvalue weighted by atomic mass is 10.0. The van der Waals surface area contributed by atoms with Crippen molar-refractivity contribution in [3.8, 4) is 5.69 Å². The molecule has 1 aromatic heterocycles. The number of amides is 2. The molecule has 0 saturated carbocycles. The molecule has 0 fully saturated rings. The molecule has 1 unspecified atom stereocenters. The molecule has 1 N–H and O–H groups in total. The number of aromatic nitrogens is 3. The summed E-state index contributed by atoms with van der Waals surface area (Å²) >= 11 is 0. The molecule has 0 bridgehead atoms. The van der Waals surface area contributed by atoms with Crippen LogP contribution in [0.4, 0.5) is 4.79 Å². The maximum atomic E-state index is 13.1. The van der Waals surface area contributed by atoms with E-state index >= 15 is 0 Å². The van der Waals surface area contributed by atoms with Gasteiger partial charge in [-0.1, -0.05) is 78.9 Å². The number of nitrogens with one attached hydrogen (secondary N) is 1. The third-order valence-corrected chi connectivity index (χ3v) is 5.67. The molecule has 1 aliphatic heterocycles. The van der Waals surface area contributed by atoms with Crippen LogP contribution >= 0.6 is 0 Å². The van der Waals surface area contributed by atoms with Crippen LogP contribution in [0.2, 0.25) is 0 Å². The zero-order valence-corrected chi connectivity index (χ0v) is 18.5. The summed E-state index contributed by atoms with van der Waals surface area (Å²) in [7, 11) is 1.77. The number of carbonyl (C=O) groups excluding carboxylic acids is 1. The largest absolute Gasteiger partial charge is 0.324 e. The number of fused-ring (bicyclic) bond motifs is 3. The molecule has 1 atom stereocenters. The summed E-state index contributed by atoms with van der Waals surface area (Å²) < 4.78 is 1.97. The molecular formula is C26H24N6O. The Bertz CT molecular complexity index is 1310. The van der Waals surface area contributed by atoms with Crippen LogP contribution in [0.15, 0.2) is 89.9 Å². The van der Waals surface area contributed by atoms with Crippen LogP contribution in [0.3, 0.4) is 0 Å². The summed E-state index contributed by atoms with van der Waals surface area (Å²) in [5.74, 6) is 1.31. The maximum absolute atomic E-state index is 13.1. The highest BCUT2D eigenvalue weighted by atomic mass is 16.2. The van der Waals surface area contributed by atoms with Gasteiger partial charge in [0.15, 0.2) is 12.0 Å². The van der Waals surface area contributed by atoms with Gasteiger partial charge in [0.05, 0.1) is 11.4 Å². The fourth-order valence-electron chi connectivity index (χ4n) is 4.06. The fourth-order valence-corrected chi connectivity index (χ4v) is 4.06. The predicted molar refractivity (Wildman–Crippen MR) is 127 cm³/mol. The van der Waals surface area contributed by atoms with E-state index in [0.717, 1.165) is 33.9 Å². The molecule has 2 amide bonds. The molecule has 0 saturated heterocycles. The zero-order valence-electron chi connectivity index (χ0n) is 18.5. The first-order valence-electron chi connectivity index (χ1n) is 10.8. The zero-order chi connectivity index (χ0) is 22.8. The smallest absolute Gasteiger partial charge is 0.319 e. The van der Waals surface area contributed by atoms with E-state index in [0.29, 0.717) is 12.4 Å². The lowest BCUT2D eigenvalue weighted by Gasteiger charge is -2.21. The SMILES string of the molecule is Cc1nnc2n1-c1ccccc1C(c1ccccc1)=NC2NC(=O)N(C)Cc1ccccc1. The molecule has 0 spiro atoms. The van der Waals surface area contributed by atoms with Crippen LogP contribution in [0.25, 0.3) is 5.69 Å². The van der Waals surface area contributed by atoms with E-state index in [1.165, 1.54) is 0 Å². The number of benzene rings is 3. The van der Waals surface area contributed by atoms with Crippen molar-refractivity contribution in [2.24, 2.45) is 4.99 Å². The first-order chi connectivity index (χ1) is 16.1. The van der Waals surface area contributed by atoms with E-state index in [9.17, 15) is 4.79 Å². The molecule has 33 heavy (non-hydrogen) atoms. The van der Waals surface area contributed by atoms with E-state index in [1.807, 2.05) is 96.4 Å². The highest BCUT2D eigenvalue weighted by Crippen LogP contribution is 2.29. The highest BCUT2D eigenvalue weighted by molar-refractivity contribution is 6.15. The number of urea groups is 1. The average Bonchev–Trinajstić information content (AvgIpc) is 3.17. The number of hydrogen-bond acceptors (Lipinski definition) is 4. The summed E-state index contributed by atoms with van der Waals surface area (Å²) in [4.78, 5) is 19.8. The Balaban J connectivity index is 1.55. The van der Waals surface area contributed by atoms with Gasteiger partial charge in [0.2, 0.25) is 0 Å². The fraction of sp³-hybridized carbons (Fsp3) is 0.154. The molecule has 0 aliphatic carbocycles. The Hall–Kier alpha value is -4.26. The van der Waals surface area contributed by atoms with Gasteiger partial charge in [0.25, 0.3) is 0 Å². The van der Waals surface area contributed by atoms with Gasteiger partial charge in [-0.15, -0.1) is 10.2 Å². The van der Waals surface area contributed by atoms with Crippen molar-refractivity contribution >= 4 is 11.7 Å². The third kappa shape index (κ3) is 4.01. The minimum atomic E-state index is -0.695. The second kappa shape index (κ2) is 8.70. The van der Waals surface area contributed by atoms with Gasteiger partial charge in [-0.3, -0.25) is 9.56 Å². The molecule has 7 nitrogen and oxygen atoms in total. The van der Waals surface area contributed by atoms with E-state index in [-0.39, 0.29) is 6.03 Å². The number of aryl methyl sites for hydroxylation is 1. The number of aliphatic imine (C=N–C) groups is 1. The Morgan fingerprint density at radius 3 is 2.36 bits per heavy atom. The first-order valence-corrected chi connectivity index (χ1v) is 10.8. The Kier molecular flexibility index (Phi) is 5.44. The monoisotopic (exact) mass is 436 g/mol. The number of para-hydroxylation sites is 1. The number of rotatable bonds is 4. The Labute approximate surface area is 192 Å². The Morgan fingerprint density at radius 1 is 0.939 bits per heavy atom. The van der Waals surface area contributed by atoms with Crippen molar-refractivity contribution in [2.45, 2.75) is 19.6 Å². The van der Waals surface area contributed by atoms with E-state index < -0.39 is 6.17 Å². The van der Waals surface area contributed by atoms with Crippen LogP contribution in [0.1, 0.15) is 34.5 Å². The minimum Gasteiger partial charge on any atom is -0.324 e. The summed E-state index contributed by atoms with van der Waals surface area (Å²) in [6, 6.07) is 27.7. The van der Waals surface area contributed by atoms with Crippen LogP contribution in [0.5, 0.6) is 0 Å². The van der Waals surface area contributed by atoms with Gasteiger partial charge >= 0.3 is 6.03 Å². The standard InChI is InChI=1S/C26H24N6O/c1-18-29-30-25-24(28-26(33)31(2)17-19-11-5-3-6-12-19)27-23(20-13-7-4-8-14-20)21-15-9-10-16-22(21)32(18)25/h3-16,24H,17H2,1-2H3,(H,28,33). The van der Waals surface area contributed by atoms with E-state index in [4.69, 9.17) is 4.99 Å². The van der Waals surface area contributed by atoms with Gasteiger partial charge in [0.1, 0.15) is 5.82 Å². The normalized spacial score (nSPS) is 14.5. The molecule has 7 heteroatoms. The van der Waals surface area contributed by atoms with Gasteiger partial charge < -0.3 is 10.2 Å². The van der Waals surface area contributed by atoms with E-state index in [1.54, 1.807) is 11.9 Å². The van der Waals surface area contributed by atoms with Crippen LogP contribution in [-0.2, 0) is 6.54 Å². The minimum absolute atomic E-state index is 0.238.